The Morgan fingerprint density at radius 1 is 0.800 bits per heavy atom. The van der Waals surface area contributed by atoms with Crippen LogP contribution in [-0.2, 0) is 0 Å². The third-order valence-corrected chi connectivity index (χ3v) is 1.86. The van der Waals surface area contributed by atoms with Crippen molar-refractivity contribution < 1.29 is 0 Å². The second-order valence-electron chi connectivity index (χ2n) is 1.37. The van der Waals surface area contributed by atoms with Gasteiger partial charge in [0, 0.05) is 0 Å². The molecule has 10 heavy (non-hydrogen) atoms. The molecule has 0 aliphatic carbocycles. The molecule has 0 aliphatic heterocycles. The van der Waals surface area contributed by atoms with Gasteiger partial charge in [0.15, 0.2) is 0 Å². The van der Waals surface area contributed by atoms with Crippen LogP contribution < -0.4 is 0 Å². The Hall–Kier alpha value is -0.360. The highest BCUT2D eigenvalue weighted by atomic mass is 32.2. The molecular weight excluding hydrogens is 168 g/mol. The van der Waals surface area contributed by atoms with Crippen molar-refractivity contribution >= 4 is 23.5 Å². The fourth-order valence-corrected chi connectivity index (χ4v) is 0.864. The maximum Gasteiger partial charge on any atom is 0.229 e. The number of hydrogen-bond acceptors (Lipinski definition) is 6. The van der Waals surface area contributed by atoms with E-state index >= 15 is 0 Å². The summed E-state index contributed by atoms with van der Waals surface area (Å²) in [6, 6.07) is 0. The maximum absolute atomic E-state index is 3.79. The maximum atomic E-state index is 3.79. The van der Waals surface area contributed by atoms with E-state index in [1.165, 1.54) is 23.5 Å². The lowest BCUT2D eigenvalue weighted by molar-refractivity contribution is 0.667. The van der Waals surface area contributed by atoms with Crippen LogP contribution in [0.25, 0.3) is 0 Å². The van der Waals surface area contributed by atoms with Crippen molar-refractivity contribution in [2.75, 3.05) is 12.5 Å². The van der Waals surface area contributed by atoms with Gasteiger partial charge in [-0.2, -0.15) is 0 Å². The second-order valence-corrected chi connectivity index (χ2v) is 2.92. The van der Waals surface area contributed by atoms with E-state index < -0.39 is 0 Å². The van der Waals surface area contributed by atoms with Crippen LogP contribution in [0.2, 0.25) is 0 Å². The quantitative estimate of drug-likeness (QED) is 0.615. The Kier molecular flexibility index (Phi) is 2.88. The molecule has 0 radical (unpaired) electrons. The molecule has 0 fully saturated rings. The summed E-state index contributed by atoms with van der Waals surface area (Å²) < 4.78 is 0. The van der Waals surface area contributed by atoms with Gasteiger partial charge in [0.25, 0.3) is 0 Å². The molecule has 0 atom stereocenters. The lowest BCUT2D eigenvalue weighted by atomic mass is 11.3. The summed E-state index contributed by atoms with van der Waals surface area (Å²) in [4.78, 5) is 0. The molecule has 0 aromatic carbocycles. The van der Waals surface area contributed by atoms with Crippen LogP contribution in [0.3, 0.4) is 0 Å². The Morgan fingerprint density at radius 2 is 1.10 bits per heavy atom. The molecule has 0 amide bonds. The average molecular weight is 174 g/mol. The first-order valence-electron chi connectivity index (χ1n) is 2.52. The van der Waals surface area contributed by atoms with Gasteiger partial charge in [-0.15, -0.1) is 20.4 Å². The van der Waals surface area contributed by atoms with E-state index in [-0.39, 0.29) is 0 Å². The highest BCUT2D eigenvalue weighted by Crippen LogP contribution is 2.07. The molecule has 6 heteroatoms. The highest BCUT2D eigenvalue weighted by molar-refractivity contribution is 7.98. The van der Waals surface area contributed by atoms with Crippen molar-refractivity contribution in [3.8, 4) is 0 Å². The Morgan fingerprint density at radius 3 is 1.30 bits per heavy atom. The molecule has 0 saturated carbocycles. The topological polar surface area (TPSA) is 51.6 Å². The minimum absolute atomic E-state index is 0.609. The average Bonchev–Trinajstić information content (AvgIpc) is 2.05. The number of thioether (sulfide) groups is 2. The van der Waals surface area contributed by atoms with Gasteiger partial charge in [0.1, 0.15) is 0 Å². The fourth-order valence-electron chi connectivity index (χ4n) is 0.374. The molecule has 54 valence electrons. The van der Waals surface area contributed by atoms with Gasteiger partial charge < -0.3 is 0 Å². The van der Waals surface area contributed by atoms with E-state index in [4.69, 9.17) is 0 Å². The molecule has 0 unspecified atom stereocenters. The summed E-state index contributed by atoms with van der Waals surface area (Å²) in [5, 5.41) is 16.4. The zero-order valence-electron chi connectivity index (χ0n) is 5.61. The second kappa shape index (κ2) is 3.72. The highest BCUT2D eigenvalue weighted by Gasteiger charge is 1.96. The van der Waals surface area contributed by atoms with Crippen LogP contribution in [0.15, 0.2) is 10.3 Å². The molecule has 0 aliphatic rings. The van der Waals surface area contributed by atoms with Gasteiger partial charge in [-0.05, 0) is 12.5 Å². The van der Waals surface area contributed by atoms with Gasteiger partial charge in [0.2, 0.25) is 10.3 Å². The van der Waals surface area contributed by atoms with Gasteiger partial charge in [0.05, 0.1) is 0 Å². The van der Waals surface area contributed by atoms with Crippen LogP contribution >= 0.6 is 23.5 Å². The summed E-state index contributed by atoms with van der Waals surface area (Å²) >= 11 is 2.86. The Bertz CT molecular complexity index is 176. The third kappa shape index (κ3) is 1.81. The predicted molar refractivity (Wildman–Crippen MR) is 41.2 cm³/mol. The fraction of sp³-hybridized carbons (Fsp3) is 0.500. The lowest BCUT2D eigenvalue weighted by Crippen LogP contribution is -1.95. The number of nitrogens with zero attached hydrogens (tertiary/aromatic N) is 4. The molecule has 0 saturated heterocycles. The van der Waals surface area contributed by atoms with Crippen LogP contribution in [0.1, 0.15) is 0 Å². The number of hydrogen-bond donors (Lipinski definition) is 0. The van der Waals surface area contributed by atoms with Crippen molar-refractivity contribution in [1.82, 2.24) is 20.4 Å². The zero-order valence-corrected chi connectivity index (χ0v) is 7.24. The first-order valence-corrected chi connectivity index (χ1v) is 4.97. The molecule has 0 bridgehead atoms. The molecule has 1 heterocycles. The summed E-state index contributed by atoms with van der Waals surface area (Å²) in [5.41, 5.74) is 0. The van der Waals surface area contributed by atoms with E-state index in [1.54, 1.807) is 0 Å². The van der Waals surface area contributed by atoms with Gasteiger partial charge in [-0.25, -0.2) is 0 Å². The Balaban J connectivity index is 2.80. The summed E-state index contributed by atoms with van der Waals surface area (Å²) in [6.45, 7) is 0. The summed E-state index contributed by atoms with van der Waals surface area (Å²) in [5.74, 6) is 0. The standard InChI is InChI=1S/C4H6N4S2/c1-9-3-5-7-4(10-2)8-6-3/h1-2H3. The van der Waals surface area contributed by atoms with Crippen molar-refractivity contribution in [2.24, 2.45) is 0 Å². The van der Waals surface area contributed by atoms with E-state index in [9.17, 15) is 0 Å². The van der Waals surface area contributed by atoms with Crippen molar-refractivity contribution in [2.45, 2.75) is 10.3 Å². The van der Waals surface area contributed by atoms with Crippen molar-refractivity contribution in [3.05, 3.63) is 0 Å². The molecule has 4 nitrogen and oxygen atoms in total. The van der Waals surface area contributed by atoms with E-state index in [2.05, 4.69) is 20.4 Å². The largest absolute Gasteiger partial charge is 0.229 e. The minimum Gasteiger partial charge on any atom is -0.119 e. The summed E-state index contributed by atoms with van der Waals surface area (Å²) in [7, 11) is 0. The molecule has 0 spiro atoms. The van der Waals surface area contributed by atoms with Crippen LogP contribution in [0.5, 0.6) is 0 Å². The smallest absolute Gasteiger partial charge is 0.119 e. The molecule has 1 aromatic rings. The van der Waals surface area contributed by atoms with E-state index in [0.717, 1.165) is 0 Å². The lowest BCUT2D eigenvalue weighted by Gasteiger charge is -1.91. The SMILES string of the molecule is CSc1nnc(SC)nn1. The normalized spacial score (nSPS) is 9.80. The van der Waals surface area contributed by atoms with Crippen LogP contribution in [0.4, 0.5) is 0 Å². The zero-order chi connectivity index (χ0) is 7.40. The number of aromatic nitrogens is 4. The predicted octanol–water partition coefficient (Wildman–Crippen LogP) is 0.710. The van der Waals surface area contributed by atoms with Gasteiger partial charge >= 0.3 is 0 Å². The summed E-state index contributed by atoms with van der Waals surface area (Å²) in [6.07, 6.45) is 3.77. The molecule has 1 rings (SSSR count). The van der Waals surface area contributed by atoms with Gasteiger partial charge in [-0.3, -0.25) is 0 Å². The minimum atomic E-state index is 0.609. The van der Waals surface area contributed by atoms with E-state index in [1.807, 2.05) is 12.5 Å². The van der Waals surface area contributed by atoms with Crippen molar-refractivity contribution in [1.29, 1.82) is 0 Å². The molecule has 1 aromatic heterocycles. The van der Waals surface area contributed by atoms with E-state index in [0.29, 0.717) is 10.3 Å². The first kappa shape index (κ1) is 7.74. The monoisotopic (exact) mass is 174 g/mol. The third-order valence-electron chi connectivity index (χ3n) is 0.807. The number of rotatable bonds is 2. The molecule has 0 N–H and O–H groups in total. The van der Waals surface area contributed by atoms with Crippen molar-refractivity contribution in [3.63, 3.8) is 0 Å². The molecular formula is C4H6N4S2. The van der Waals surface area contributed by atoms with Crippen LogP contribution in [-0.4, -0.2) is 32.9 Å². The van der Waals surface area contributed by atoms with Crippen LogP contribution in [0, 0.1) is 0 Å². The Labute approximate surface area is 67.2 Å². The van der Waals surface area contributed by atoms with Gasteiger partial charge in [-0.1, -0.05) is 23.5 Å². The first-order chi connectivity index (χ1) is 4.86.